The first-order chi connectivity index (χ1) is 18.4. The predicted octanol–water partition coefficient (Wildman–Crippen LogP) is 4.73. The van der Waals surface area contributed by atoms with E-state index in [4.69, 9.17) is 9.47 Å². The van der Waals surface area contributed by atoms with E-state index in [-0.39, 0.29) is 28.7 Å². The smallest absolute Gasteiger partial charge is 0.418 e. The number of ether oxygens (including phenoxy) is 2. The minimum absolute atomic E-state index is 0.0660. The Kier molecular flexibility index (Phi) is 6.50. The third kappa shape index (κ3) is 4.72. The number of nitrogens with one attached hydrogen (secondary N) is 3. The second-order valence-electron chi connectivity index (χ2n) is 9.95. The molecule has 1 aliphatic carbocycles. The number of halogens is 3. The number of aromatic nitrogens is 3. The largest absolute Gasteiger partial charge is 0.491 e. The molecule has 12 heteroatoms. The van der Waals surface area contributed by atoms with E-state index in [9.17, 15) is 18.0 Å². The average molecular weight is 531 g/mol. The lowest BCUT2D eigenvalue weighted by atomic mass is 10.0. The summed E-state index contributed by atoms with van der Waals surface area (Å²) in [6, 6.07) is 3.48. The third-order valence-electron chi connectivity index (χ3n) is 7.50. The SMILES string of the molecule is O=C(c1ccc(Nc2nc(NCC3CCCC3)c3c(C(F)(F)F)c[nH]c3n2)c2c1CCO2)N1CCOCC1. The number of rotatable bonds is 6. The maximum Gasteiger partial charge on any atom is 0.418 e. The quantitative estimate of drug-likeness (QED) is 0.423. The average Bonchev–Trinajstić information content (AvgIpc) is 3.68. The van der Waals surface area contributed by atoms with Crippen LogP contribution in [0.2, 0.25) is 0 Å². The highest BCUT2D eigenvalue weighted by Crippen LogP contribution is 2.40. The molecule has 38 heavy (non-hydrogen) atoms. The molecule has 1 saturated carbocycles. The monoisotopic (exact) mass is 530 g/mol. The topological polar surface area (TPSA) is 104 Å². The standard InChI is InChI=1S/C26H29F3N6O3/c27-26(28,29)18-14-31-23-20(18)22(30-13-15-3-1-2-4-15)33-25(34-23)32-19-6-5-17(16-7-10-38-21(16)19)24(36)35-8-11-37-12-9-35/h5-6,14-15H,1-4,7-13H2,(H3,30,31,32,33,34). The molecule has 1 saturated heterocycles. The van der Waals surface area contributed by atoms with E-state index < -0.39 is 11.7 Å². The van der Waals surface area contributed by atoms with Crippen LogP contribution in [0.1, 0.15) is 47.2 Å². The Morgan fingerprint density at radius 1 is 1.13 bits per heavy atom. The van der Waals surface area contributed by atoms with Gasteiger partial charge in [0.25, 0.3) is 5.91 Å². The summed E-state index contributed by atoms with van der Waals surface area (Å²) in [5.41, 5.74) is 1.22. The summed E-state index contributed by atoms with van der Waals surface area (Å²) in [4.78, 5) is 26.4. The van der Waals surface area contributed by atoms with E-state index >= 15 is 0 Å². The molecule has 1 amide bonds. The number of anilines is 3. The zero-order chi connectivity index (χ0) is 26.3. The highest BCUT2D eigenvalue weighted by atomic mass is 19.4. The summed E-state index contributed by atoms with van der Waals surface area (Å²) >= 11 is 0. The van der Waals surface area contributed by atoms with Gasteiger partial charge in [-0.1, -0.05) is 12.8 Å². The molecule has 3 aliphatic rings. The van der Waals surface area contributed by atoms with Gasteiger partial charge in [-0.15, -0.1) is 0 Å². The number of H-pyrrole nitrogens is 1. The molecule has 2 aromatic heterocycles. The van der Waals surface area contributed by atoms with Crippen molar-refractivity contribution in [3.63, 3.8) is 0 Å². The van der Waals surface area contributed by atoms with Crippen LogP contribution in [0.4, 0.5) is 30.6 Å². The lowest BCUT2D eigenvalue weighted by molar-refractivity contribution is -0.136. The highest BCUT2D eigenvalue weighted by Gasteiger charge is 2.36. The van der Waals surface area contributed by atoms with E-state index in [1.807, 2.05) is 0 Å². The summed E-state index contributed by atoms with van der Waals surface area (Å²) in [5, 5.41) is 6.21. The Bertz CT molecular complexity index is 1350. The fourth-order valence-corrected chi connectivity index (χ4v) is 5.55. The minimum Gasteiger partial charge on any atom is -0.491 e. The zero-order valence-corrected chi connectivity index (χ0v) is 20.8. The molecule has 9 nitrogen and oxygen atoms in total. The van der Waals surface area contributed by atoms with Gasteiger partial charge in [0.15, 0.2) is 0 Å². The number of hydrogen-bond donors (Lipinski definition) is 3. The van der Waals surface area contributed by atoms with E-state index in [0.29, 0.717) is 68.8 Å². The van der Waals surface area contributed by atoms with Crippen LogP contribution in [0.15, 0.2) is 18.3 Å². The maximum absolute atomic E-state index is 13.7. The van der Waals surface area contributed by atoms with Crippen molar-refractivity contribution in [3.05, 3.63) is 35.0 Å². The van der Waals surface area contributed by atoms with Crippen LogP contribution in [-0.2, 0) is 17.3 Å². The molecular formula is C26H29F3N6O3. The van der Waals surface area contributed by atoms with E-state index in [1.165, 1.54) is 0 Å². The number of alkyl halides is 3. The molecule has 4 heterocycles. The number of morpholine rings is 1. The van der Waals surface area contributed by atoms with Gasteiger partial charge in [-0.25, -0.2) is 0 Å². The molecule has 0 spiro atoms. The normalized spacial score (nSPS) is 18.0. The van der Waals surface area contributed by atoms with Crippen molar-refractivity contribution in [2.75, 3.05) is 50.1 Å². The van der Waals surface area contributed by atoms with Gasteiger partial charge in [0.1, 0.15) is 17.2 Å². The zero-order valence-electron chi connectivity index (χ0n) is 20.8. The number of benzene rings is 1. The van der Waals surface area contributed by atoms with Gasteiger partial charge in [-0.3, -0.25) is 4.79 Å². The van der Waals surface area contributed by atoms with Crippen molar-refractivity contribution >= 4 is 34.4 Å². The lowest BCUT2D eigenvalue weighted by Crippen LogP contribution is -2.41. The van der Waals surface area contributed by atoms with Crippen LogP contribution in [-0.4, -0.2) is 65.2 Å². The summed E-state index contributed by atoms with van der Waals surface area (Å²) in [6.07, 6.45) is 1.32. The van der Waals surface area contributed by atoms with Gasteiger partial charge in [0.05, 0.1) is 36.5 Å². The van der Waals surface area contributed by atoms with Gasteiger partial charge in [-0.2, -0.15) is 23.1 Å². The number of fused-ring (bicyclic) bond motifs is 2. The van der Waals surface area contributed by atoms with Gasteiger partial charge < -0.3 is 30.0 Å². The van der Waals surface area contributed by atoms with Crippen molar-refractivity contribution in [3.8, 4) is 5.75 Å². The number of nitrogens with zero attached hydrogens (tertiary/aromatic N) is 3. The summed E-state index contributed by atoms with van der Waals surface area (Å²) in [7, 11) is 0. The van der Waals surface area contributed by atoms with Gasteiger partial charge in [0.2, 0.25) is 5.95 Å². The Hall–Kier alpha value is -3.54. The number of hydrogen-bond acceptors (Lipinski definition) is 7. The molecular weight excluding hydrogens is 501 g/mol. The van der Waals surface area contributed by atoms with E-state index in [0.717, 1.165) is 37.4 Å². The molecule has 3 N–H and O–H groups in total. The first kappa shape index (κ1) is 24.8. The third-order valence-corrected chi connectivity index (χ3v) is 7.50. The highest BCUT2D eigenvalue weighted by molar-refractivity contribution is 5.98. The minimum atomic E-state index is -4.54. The molecule has 1 aromatic carbocycles. The first-order valence-corrected chi connectivity index (χ1v) is 13.0. The van der Waals surface area contributed by atoms with Gasteiger partial charge >= 0.3 is 6.18 Å². The second kappa shape index (κ2) is 9.97. The fourth-order valence-electron chi connectivity index (χ4n) is 5.55. The fraction of sp³-hybridized carbons (Fsp3) is 0.500. The number of carbonyl (C=O) groups is 1. The van der Waals surface area contributed by atoms with Crippen LogP contribution in [0.3, 0.4) is 0 Å². The Labute approximate surface area is 217 Å². The summed E-state index contributed by atoms with van der Waals surface area (Å²) < 4.78 is 52.4. The van der Waals surface area contributed by atoms with Crippen molar-refractivity contribution in [2.45, 2.75) is 38.3 Å². The van der Waals surface area contributed by atoms with Crippen molar-refractivity contribution in [2.24, 2.45) is 5.92 Å². The Morgan fingerprint density at radius 2 is 1.92 bits per heavy atom. The van der Waals surface area contributed by atoms with Crippen molar-refractivity contribution in [1.29, 1.82) is 0 Å². The Balaban J connectivity index is 1.32. The molecule has 0 radical (unpaired) electrons. The number of carbonyl (C=O) groups excluding carboxylic acids is 1. The van der Waals surface area contributed by atoms with Crippen molar-refractivity contribution < 1.29 is 27.4 Å². The van der Waals surface area contributed by atoms with Crippen LogP contribution in [0.5, 0.6) is 5.75 Å². The van der Waals surface area contributed by atoms with Crippen LogP contribution in [0.25, 0.3) is 11.0 Å². The Morgan fingerprint density at radius 3 is 2.68 bits per heavy atom. The molecule has 202 valence electrons. The maximum atomic E-state index is 13.7. The van der Waals surface area contributed by atoms with Crippen LogP contribution < -0.4 is 15.4 Å². The van der Waals surface area contributed by atoms with Crippen molar-refractivity contribution in [1.82, 2.24) is 19.9 Å². The van der Waals surface area contributed by atoms with E-state index in [1.54, 1.807) is 17.0 Å². The summed E-state index contributed by atoms with van der Waals surface area (Å²) in [5.74, 6) is 1.14. The van der Waals surface area contributed by atoms with E-state index in [2.05, 4.69) is 25.6 Å². The van der Waals surface area contributed by atoms with Gasteiger partial charge in [-0.05, 0) is 30.9 Å². The molecule has 2 aliphatic heterocycles. The number of amides is 1. The molecule has 0 unspecified atom stereocenters. The predicted molar refractivity (Wildman–Crippen MR) is 135 cm³/mol. The molecule has 0 bridgehead atoms. The molecule has 2 fully saturated rings. The first-order valence-electron chi connectivity index (χ1n) is 13.0. The van der Waals surface area contributed by atoms with Crippen LogP contribution in [0, 0.1) is 5.92 Å². The second-order valence-corrected chi connectivity index (χ2v) is 9.95. The summed E-state index contributed by atoms with van der Waals surface area (Å²) in [6.45, 7) is 3.07. The van der Waals surface area contributed by atoms with Crippen LogP contribution >= 0.6 is 0 Å². The lowest BCUT2D eigenvalue weighted by Gasteiger charge is -2.27. The van der Waals surface area contributed by atoms with Gasteiger partial charge in [0, 0.05) is 43.4 Å². The number of aromatic amines is 1. The molecule has 3 aromatic rings. The molecule has 6 rings (SSSR count). The molecule has 0 atom stereocenters.